The van der Waals surface area contributed by atoms with Crippen molar-refractivity contribution in [1.29, 1.82) is 0 Å². The first kappa shape index (κ1) is 15.9. The summed E-state index contributed by atoms with van der Waals surface area (Å²) in [7, 11) is 0. The van der Waals surface area contributed by atoms with Crippen molar-refractivity contribution in [3.63, 3.8) is 0 Å². The zero-order valence-corrected chi connectivity index (χ0v) is 12.6. The summed E-state index contributed by atoms with van der Waals surface area (Å²) in [5.74, 6) is 6.88. The predicted molar refractivity (Wildman–Crippen MR) is 81.6 cm³/mol. The van der Waals surface area contributed by atoms with Crippen molar-refractivity contribution >= 4 is 0 Å². The molecule has 0 heterocycles. The lowest BCUT2D eigenvalue weighted by atomic mass is 9.86. The average Bonchev–Trinajstić information content (AvgIpc) is 2.51. The van der Waals surface area contributed by atoms with Gasteiger partial charge in [0.2, 0.25) is 0 Å². The average molecular weight is 290 g/mol. The van der Waals surface area contributed by atoms with E-state index in [1.54, 1.807) is 6.07 Å². The molecule has 1 aliphatic carbocycles. The van der Waals surface area contributed by atoms with Gasteiger partial charge in [-0.25, -0.2) is 4.39 Å². The maximum atomic E-state index is 13.4. The molecule has 0 amide bonds. The number of hydrogen-bond donors (Lipinski definition) is 1. The molecule has 0 atom stereocenters. The van der Waals surface area contributed by atoms with E-state index in [0.717, 1.165) is 18.8 Å². The van der Waals surface area contributed by atoms with E-state index in [1.807, 2.05) is 0 Å². The van der Waals surface area contributed by atoms with Crippen LogP contribution in [-0.4, -0.2) is 17.8 Å². The third kappa shape index (κ3) is 4.75. The third-order valence-corrected chi connectivity index (χ3v) is 4.07. The summed E-state index contributed by atoms with van der Waals surface area (Å²) < 4.78 is 19.4. The van der Waals surface area contributed by atoms with Crippen LogP contribution in [0.2, 0.25) is 0 Å². The van der Waals surface area contributed by atoms with Gasteiger partial charge in [0.05, 0.1) is 18.3 Å². The quantitative estimate of drug-likeness (QED) is 0.852. The SMILES string of the molecule is CCC1CCC(Oc2ccc(F)cc2C#CCCO)CC1. The van der Waals surface area contributed by atoms with Crippen LogP contribution < -0.4 is 4.74 Å². The molecule has 1 N–H and O–H groups in total. The minimum atomic E-state index is -0.315. The van der Waals surface area contributed by atoms with Gasteiger partial charge < -0.3 is 9.84 Å². The van der Waals surface area contributed by atoms with Gasteiger partial charge in [0.15, 0.2) is 0 Å². The molecule has 1 aliphatic rings. The van der Waals surface area contributed by atoms with Gasteiger partial charge in [-0.2, -0.15) is 0 Å². The van der Waals surface area contributed by atoms with Crippen LogP contribution in [0, 0.1) is 23.6 Å². The molecule has 0 aromatic heterocycles. The lowest BCUT2D eigenvalue weighted by Crippen LogP contribution is -2.24. The Labute approximate surface area is 126 Å². The molecule has 2 rings (SSSR count). The van der Waals surface area contributed by atoms with Crippen LogP contribution in [0.15, 0.2) is 18.2 Å². The molecule has 1 aromatic carbocycles. The van der Waals surface area contributed by atoms with E-state index < -0.39 is 0 Å². The van der Waals surface area contributed by atoms with Gasteiger partial charge in [-0.05, 0) is 49.8 Å². The van der Waals surface area contributed by atoms with Gasteiger partial charge in [-0.1, -0.05) is 25.2 Å². The fraction of sp³-hybridized carbons (Fsp3) is 0.556. The number of hydrogen-bond acceptors (Lipinski definition) is 2. The standard InChI is InChI=1S/C18H23FO2/c1-2-14-6-9-17(10-7-14)21-18-11-8-16(19)13-15(18)5-3-4-12-20/h8,11,13-14,17,20H,2,4,6-7,9-10,12H2,1H3. The molecule has 21 heavy (non-hydrogen) atoms. The van der Waals surface area contributed by atoms with Crippen molar-refractivity contribution in [1.82, 2.24) is 0 Å². The Morgan fingerprint density at radius 3 is 2.71 bits per heavy atom. The van der Waals surface area contributed by atoms with Crippen molar-refractivity contribution in [3.05, 3.63) is 29.6 Å². The molecule has 0 saturated heterocycles. The summed E-state index contributed by atoms with van der Waals surface area (Å²) in [6.45, 7) is 2.25. The number of halogens is 1. The van der Waals surface area contributed by atoms with Crippen LogP contribution in [-0.2, 0) is 0 Å². The topological polar surface area (TPSA) is 29.5 Å². The zero-order valence-electron chi connectivity index (χ0n) is 12.6. The highest BCUT2D eigenvalue weighted by atomic mass is 19.1. The van der Waals surface area contributed by atoms with E-state index in [1.165, 1.54) is 31.4 Å². The number of aliphatic hydroxyl groups excluding tert-OH is 1. The number of ether oxygens (including phenoxy) is 1. The summed E-state index contributed by atoms with van der Waals surface area (Å²) >= 11 is 0. The Kier molecular flexibility index (Phi) is 6.07. The highest BCUT2D eigenvalue weighted by Crippen LogP contribution is 2.30. The lowest BCUT2D eigenvalue weighted by molar-refractivity contribution is 0.129. The molecular formula is C18H23FO2. The van der Waals surface area contributed by atoms with Crippen molar-refractivity contribution in [2.75, 3.05) is 6.61 Å². The summed E-state index contributed by atoms with van der Waals surface area (Å²) in [6.07, 6.45) is 6.34. The lowest BCUT2D eigenvalue weighted by Gasteiger charge is -2.28. The van der Waals surface area contributed by atoms with E-state index in [9.17, 15) is 4.39 Å². The first-order valence-electron chi connectivity index (χ1n) is 7.78. The van der Waals surface area contributed by atoms with E-state index in [4.69, 9.17) is 9.84 Å². The maximum Gasteiger partial charge on any atom is 0.135 e. The van der Waals surface area contributed by atoms with Crippen LogP contribution >= 0.6 is 0 Å². The van der Waals surface area contributed by atoms with Crippen LogP contribution in [0.1, 0.15) is 51.0 Å². The highest BCUT2D eigenvalue weighted by molar-refractivity contribution is 5.46. The molecule has 0 radical (unpaired) electrons. The molecule has 0 bridgehead atoms. The van der Waals surface area contributed by atoms with Crippen molar-refractivity contribution in [2.24, 2.45) is 5.92 Å². The fourth-order valence-electron chi connectivity index (χ4n) is 2.75. The summed E-state index contributed by atoms with van der Waals surface area (Å²) in [5.41, 5.74) is 0.570. The van der Waals surface area contributed by atoms with Crippen LogP contribution in [0.4, 0.5) is 4.39 Å². The van der Waals surface area contributed by atoms with Crippen LogP contribution in [0.5, 0.6) is 5.75 Å². The Morgan fingerprint density at radius 1 is 1.29 bits per heavy atom. The van der Waals surface area contributed by atoms with Gasteiger partial charge in [-0.3, -0.25) is 0 Å². The Morgan fingerprint density at radius 2 is 2.05 bits per heavy atom. The molecule has 1 fully saturated rings. The summed E-state index contributed by atoms with van der Waals surface area (Å²) in [4.78, 5) is 0. The zero-order chi connectivity index (χ0) is 15.1. The largest absolute Gasteiger partial charge is 0.489 e. The Balaban J connectivity index is 2.04. The number of benzene rings is 1. The van der Waals surface area contributed by atoms with E-state index in [-0.39, 0.29) is 18.5 Å². The molecule has 0 aliphatic heterocycles. The summed E-state index contributed by atoms with van der Waals surface area (Å²) in [6, 6.07) is 4.46. The molecule has 0 spiro atoms. The Hall–Kier alpha value is -1.53. The van der Waals surface area contributed by atoms with Gasteiger partial charge in [0.25, 0.3) is 0 Å². The molecule has 114 valence electrons. The predicted octanol–water partition coefficient (Wildman–Crippen LogP) is 3.91. The number of rotatable bonds is 4. The van der Waals surface area contributed by atoms with Gasteiger partial charge in [0, 0.05) is 6.42 Å². The van der Waals surface area contributed by atoms with Crippen molar-refractivity contribution in [3.8, 4) is 17.6 Å². The molecule has 3 heteroatoms. The van der Waals surface area contributed by atoms with Gasteiger partial charge in [0.1, 0.15) is 11.6 Å². The first-order chi connectivity index (χ1) is 10.2. The molecule has 0 unspecified atom stereocenters. The van der Waals surface area contributed by atoms with Crippen molar-refractivity contribution < 1.29 is 14.2 Å². The molecule has 1 aromatic rings. The second-order valence-electron chi connectivity index (χ2n) is 5.58. The number of aliphatic hydroxyl groups is 1. The van der Waals surface area contributed by atoms with Gasteiger partial charge >= 0.3 is 0 Å². The van der Waals surface area contributed by atoms with Crippen LogP contribution in [0.3, 0.4) is 0 Å². The first-order valence-corrected chi connectivity index (χ1v) is 7.78. The van der Waals surface area contributed by atoms with Crippen molar-refractivity contribution in [2.45, 2.75) is 51.6 Å². The molecule has 2 nitrogen and oxygen atoms in total. The second-order valence-corrected chi connectivity index (χ2v) is 5.58. The summed E-state index contributed by atoms with van der Waals surface area (Å²) in [5, 5.41) is 8.77. The second kappa shape index (κ2) is 8.05. The van der Waals surface area contributed by atoms with E-state index >= 15 is 0 Å². The normalized spacial score (nSPS) is 21.5. The van der Waals surface area contributed by atoms with E-state index in [2.05, 4.69) is 18.8 Å². The smallest absolute Gasteiger partial charge is 0.135 e. The highest BCUT2D eigenvalue weighted by Gasteiger charge is 2.21. The third-order valence-electron chi connectivity index (χ3n) is 4.07. The maximum absolute atomic E-state index is 13.4. The minimum Gasteiger partial charge on any atom is -0.489 e. The minimum absolute atomic E-state index is 0.0134. The Bertz CT molecular complexity index is 508. The molecule has 1 saturated carbocycles. The fourth-order valence-corrected chi connectivity index (χ4v) is 2.75. The monoisotopic (exact) mass is 290 g/mol. The van der Waals surface area contributed by atoms with Crippen LogP contribution in [0.25, 0.3) is 0 Å². The van der Waals surface area contributed by atoms with E-state index in [0.29, 0.717) is 17.7 Å². The molecular weight excluding hydrogens is 267 g/mol. The van der Waals surface area contributed by atoms with Gasteiger partial charge in [-0.15, -0.1) is 0 Å².